The van der Waals surface area contributed by atoms with Gasteiger partial charge in [-0.15, -0.1) is 0 Å². The second-order valence-corrected chi connectivity index (χ2v) is 1.70. The van der Waals surface area contributed by atoms with Crippen LogP contribution in [0, 0.1) is 0 Å². The molecular formula is C5H12FN3. The first-order chi connectivity index (χ1) is 4.27. The fourth-order valence-electron chi connectivity index (χ4n) is 0.414. The van der Waals surface area contributed by atoms with E-state index in [2.05, 4.69) is 4.99 Å². The van der Waals surface area contributed by atoms with Gasteiger partial charge in [-0.05, 0) is 12.8 Å². The molecule has 0 heterocycles. The van der Waals surface area contributed by atoms with E-state index < -0.39 is 0 Å². The summed E-state index contributed by atoms with van der Waals surface area (Å²) in [5.74, 6) is 0.0776. The van der Waals surface area contributed by atoms with Crippen molar-refractivity contribution in [3.05, 3.63) is 0 Å². The van der Waals surface area contributed by atoms with Crippen molar-refractivity contribution in [1.82, 2.24) is 0 Å². The van der Waals surface area contributed by atoms with Crippen LogP contribution in [0.2, 0.25) is 0 Å². The lowest BCUT2D eigenvalue weighted by Gasteiger charge is -1.91. The van der Waals surface area contributed by atoms with E-state index in [1.165, 1.54) is 0 Å². The van der Waals surface area contributed by atoms with Crippen LogP contribution >= 0.6 is 0 Å². The Hall–Kier alpha value is -0.800. The van der Waals surface area contributed by atoms with Gasteiger partial charge < -0.3 is 11.5 Å². The van der Waals surface area contributed by atoms with Gasteiger partial charge in [0.15, 0.2) is 5.96 Å². The maximum atomic E-state index is 11.4. The first kappa shape index (κ1) is 8.20. The van der Waals surface area contributed by atoms with Gasteiger partial charge in [-0.25, -0.2) is 0 Å². The highest BCUT2D eigenvalue weighted by Crippen LogP contribution is 1.88. The van der Waals surface area contributed by atoms with Crippen LogP contribution < -0.4 is 11.5 Å². The van der Waals surface area contributed by atoms with Crippen LogP contribution in [0.25, 0.3) is 0 Å². The molecule has 54 valence electrons. The third-order valence-corrected chi connectivity index (χ3v) is 0.836. The lowest BCUT2D eigenvalue weighted by Crippen LogP contribution is -2.22. The van der Waals surface area contributed by atoms with Crippen LogP contribution in [0.3, 0.4) is 0 Å². The Bertz CT molecular complexity index is 88.2. The SMILES string of the molecule is NC(N)=NCCCCF. The highest BCUT2D eigenvalue weighted by molar-refractivity contribution is 5.75. The van der Waals surface area contributed by atoms with E-state index in [9.17, 15) is 4.39 Å². The van der Waals surface area contributed by atoms with Crippen molar-refractivity contribution in [2.45, 2.75) is 12.8 Å². The number of halogens is 1. The van der Waals surface area contributed by atoms with Crippen molar-refractivity contribution in [1.29, 1.82) is 0 Å². The van der Waals surface area contributed by atoms with E-state index in [0.29, 0.717) is 19.4 Å². The van der Waals surface area contributed by atoms with Crippen molar-refractivity contribution < 1.29 is 4.39 Å². The van der Waals surface area contributed by atoms with Gasteiger partial charge in [-0.3, -0.25) is 9.38 Å². The molecule has 0 bridgehead atoms. The van der Waals surface area contributed by atoms with Crippen LogP contribution in [0.5, 0.6) is 0 Å². The summed E-state index contributed by atoms with van der Waals surface area (Å²) in [4.78, 5) is 3.67. The number of hydrogen-bond donors (Lipinski definition) is 2. The maximum Gasteiger partial charge on any atom is 0.185 e. The van der Waals surface area contributed by atoms with Crippen molar-refractivity contribution in [2.24, 2.45) is 16.5 Å². The molecule has 0 aliphatic carbocycles. The first-order valence-corrected chi connectivity index (χ1v) is 2.88. The van der Waals surface area contributed by atoms with E-state index >= 15 is 0 Å². The lowest BCUT2D eigenvalue weighted by molar-refractivity contribution is 0.464. The van der Waals surface area contributed by atoms with Crippen molar-refractivity contribution in [3.8, 4) is 0 Å². The summed E-state index contributed by atoms with van der Waals surface area (Å²) >= 11 is 0. The monoisotopic (exact) mass is 133 g/mol. The molecule has 0 atom stereocenters. The summed E-state index contributed by atoms with van der Waals surface area (Å²) < 4.78 is 11.4. The molecule has 0 aromatic carbocycles. The maximum absolute atomic E-state index is 11.4. The van der Waals surface area contributed by atoms with Gasteiger partial charge >= 0.3 is 0 Å². The van der Waals surface area contributed by atoms with E-state index in [1.54, 1.807) is 0 Å². The Morgan fingerprint density at radius 3 is 2.44 bits per heavy atom. The topological polar surface area (TPSA) is 64.4 Å². The lowest BCUT2D eigenvalue weighted by atomic mass is 10.3. The fourth-order valence-corrected chi connectivity index (χ4v) is 0.414. The zero-order chi connectivity index (χ0) is 7.11. The third kappa shape index (κ3) is 7.20. The molecule has 0 aliphatic rings. The number of hydrogen-bond acceptors (Lipinski definition) is 1. The molecule has 0 aromatic heterocycles. The summed E-state index contributed by atoms with van der Waals surface area (Å²) in [6, 6.07) is 0. The Morgan fingerprint density at radius 2 is 2.00 bits per heavy atom. The molecule has 0 aliphatic heterocycles. The summed E-state index contributed by atoms with van der Waals surface area (Å²) in [6.45, 7) is 0.242. The highest BCUT2D eigenvalue weighted by atomic mass is 19.1. The minimum absolute atomic E-state index is 0.0776. The molecule has 0 radical (unpaired) electrons. The molecule has 0 saturated heterocycles. The van der Waals surface area contributed by atoms with Gasteiger partial charge in [0.05, 0.1) is 6.67 Å². The van der Waals surface area contributed by atoms with E-state index in [4.69, 9.17) is 11.5 Å². The van der Waals surface area contributed by atoms with Crippen LogP contribution in [0.4, 0.5) is 4.39 Å². The molecule has 0 aromatic rings. The summed E-state index contributed by atoms with van der Waals surface area (Å²) in [5, 5.41) is 0. The first-order valence-electron chi connectivity index (χ1n) is 2.88. The van der Waals surface area contributed by atoms with E-state index in [-0.39, 0.29) is 12.6 Å². The quantitative estimate of drug-likeness (QED) is 0.322. The average molecular weight is 133 g/mol. The second-order valence-electron chi connectivity index (χ2n) is 1.70. The molecule has 3 nitrogen and oxygen atoms in total. The van der Waals surface area contributed by atoms with Gasteiger partial charge in [0.2, 0.25) is 0 Å². The number of nitrogens with zero attached hydrogens (tertiary/aromatic N) is 1. The van der Waals surface area contributed by atoms with Crippen LogP contribution in [0.1, 0.15) is 12.8 Å². The fraction of sp³-hybridized carbons (Fsp3) is 0.800. The number of guanidine groups is 1. The van der Waals surface area contributed by atoms with Gasteiger partial charge in [-0.1, -0.05) is 0 Å². The minimum Gasteiger partial charge on any atom is -0.370 e. The zero-order valence-electron chi connectivity index (χ0n) is 5.31. The number of aliphatic imine (C=N–C) groups is 1. The van der Waals surface area contributed by atoms with Crippen molar-refractivity contribution in [3.63, 3.8) is 0 Å². The Morgan fingerprint density at radius 1 is 1.33 bits per heavy atom. The normalized spacial score (nSPS) is 9.00. The molecule has 0 fully saturated rings. The highest BCUT2D eigenvalue weighted by Gasteiger charge is 1.84. The number of nitrogens with two attached hydrogens (primary N) is 2. The molecule has 4 heteroatoms. The zero-order valence-corrected chi connectivity index (χ0v) is 5.31. The van der Waals surface area contributed by atoms with E-state index in [1.807, 2.05) is 0 Å². The molecule has 0 amide bonds. The number of alkyl halides is 1. The summed E-state index contributed by atoms with van der Waals surface area (Å²) in [5.41, 5.74) is 10.0. The molecule has 0 rings (SSSR count). The predicted molar refractivity (Wildman–Crippen MR) is 35.9 cm³/mol. The summed E-state index contributed by atoms with van der Waals surface area (Å²) in [7, 11) is 0. The Labute approximate surface area is 53.9 Å². The van der Waals surface area contributed by atoms with Gasteiger partial charge in [0.25, 0.3) is 0 Å². The van der Waals surface area contributed by atoms with Gasteiger partial charge in [-0.2, -0.15) is 0 Å². The summed E-state index contributed by atoms with van der Waals surface area (Å²) in [6.07, 6.45) is 1.26. The molecule has 0 saturated carbocycles. The van der Waals surface area contributed by atoms with Crippen LogP contribution in [0.15, 0.2) is 4.99 Å². The minimum atomic E-state index is -0.292. The Kier molecular flexibility index (Phi) is 4.86. The Balaban J connectivity index is 3.00. The second kappa shape index (κ2) is 5.34. The predicted octanol–water partition coefficient (Wildman–Crippen LogP) is 0.00950. The average Bonchev–Trinajstić information content (AvgIpc) is 1.80. The van der Waals surface area contributed by atoms with E-state index in [0.717, 1.165) is 0 Å². The van der Waals surface area contributed by atoms with Gasteiger partial charge in [0, 0.05) is 6.54 Å². The molecular weight excluding hydrogens is 121 g/mol. The smallest absolute Gasteiger partial charge is 0.185 e. The van der Waals surface area contributed by atoms with Crippen LogP contribution in [-0.2, 0) is 0 Å². The standard InChI is InChI=1S/C5H12FN3/c6-3-1-2-4-9-5(7)8/h1-4H2,(H4,7,8,9). The molecule has 4 N–H and O–H groups in total. The molecule has 0 spiro atoms. The number of rotatable bonds is 4. The van der Waals surface area contributed by atoms with Gasteiger partial charge in [0.1, 0.15) is 0 Å². The molecule has 0 unspecified atom stereocenters. The molecule has 9 heavy (non-hydrogen) atoms. The van der Waals surface area contributed by atoms with Crippen molar-refractivity contribution in [2.75, 3.05) is 13.2 Å². The third-order valence-electron chi connectivity index (χ3n) is 0.836. The number of unbranched alkanes of at least 4 members (excludes halogenated alkanes) is 1. The largest absolute Gasteiger partial charge is 0.370 e. The van der Waals surface area contributed by atoms with Crippen molar-refractivity contribution >= 4 is 5.96 Å². The van der Waals surface area contributed by atoms with Crippen LogP contribution in [-0.4, -0.2) is 19.2 Å².